The first-order chi connectivity index (χ1) is 23.3. The van der Waals surface area contributed by atoms with Crippen molar-refractivity contribution >= 4 is 11.9 Å². The molecule has 48 heavy (non-hydrogen) atoms. The Morgan fingerprint density at radius 2 is 1.56 bits per heavy atom. The van der Waals surface area contributed by atoms with Gasteiger partial charge in [0, 0.05) is 23.2 Å². The molecule has 3 rings (SSSR count). The fraction of sp³-hybridized carbons (Fsp3) is 0.533. The molecule has 1 aliphatic rings. The lowest BCUT2D eigenvalue weighted by atomic mass is 9.90. The molecule has 0 atom stereocenters. The minimum atomic E-state index is 0.625. The van der Waals surface area contributed by atoms with Crippen LogP contribution in [0.1, 0.15) is 155 Å². The van der Waals surface area contributed by atoms with E-state index in [9.17, 15) is 0 Å². The molecule has 0 aromatic heterocycles. The highest BCUT2D eigenvalue weighted by molar-refractivity contribution is 5.90. The summed E-state index contributed by atoms with van der Waals surface area (Å²) in [5, 5.41) is 3.29. The largest absolute Gasteiger partial charge is 0.494 e. The number of nitrogens with one attached hydrogen (secondary N) is 1. The van der Waals surface area contributed by atoms with Gasteiger partial charge in [-0.3, -0.25) is 4.99 Å². The Labute approximate surface area is 297 Å². The van der Waals surface area contributed by atoms with Gasteiger partial charge in [0.2, 0.25) is 0 Å². The van der Waals surface area contributed by atoms with Crippen molar-refractivity contribution in [3.8, 4) is 5.75 Å². The van der Waals surface area contributed by atoms with Crippen LogP contribution in [0.15, 0.2) is 89.6 Å². The number of hydrogen-bond acceptors (Lipinski definition) is 3. The molecule has 1 aliphatic heterocycles. The van der Waals surface area contributed by atoms with E-state index in [0.717, 1.165) is 41.5 Å². The third-order valence-corrected chi connectivity index (χ3v) is 8.34. The van der Waals surface area contributed by atoms with E-state index >= 15 is 0 Å². The summed E-state index contributed by atoms with van der Waals surface area (Å²) in [4.78, 5) is 4.31. The number of ether oxygens (including phenoxy) is 1. The van der Waals surface area contributed by atoms with Crippen molar-refractivity contribution in [3.05, 3.63) is 107 Å². The van der Waals surface area contributed by atoms with Crippen LogP contribution in [0, 0.1) is 6.92 Å². The van der Waals surface area contributed by atoms with E-state index < -0.39 is 0 Å². The van der Waals surface area contributed by atoms with E-state index in [1.54, 1.807) is 5.57 Å². The minimum Gasteiger partial charge on any atom is -0.494 e. The highest BCUT2D eigenvalue weighted by atomic mass is 16.5. The van der Waals surface area contributed by atoms with Crippen LogP contribution in [0.3, 0.4) is 0 Å². The van der Waals surface area contributed by atoms with Gasteiger partial charge >= 0.3 is 0 Å². The zero-order valence-corrected chi connectivity index (χ0v) is 32.8. The SMILES string of the molecule is C=C/C(=C\CC=C(CC)CC)CCCC.C=C1CN=Cc2cc(OCC)c(CC)cc2N1.CC.CCCC(CCC)c1ccc(C)cc1. The summed E-state index contributed by atoms with van der Waals surface area (Å²) in [6.07, 6.45) is 21.9. The number of aliphatic imine (C=N–C) groups is 1. The summed E-state index contributed by atoms with van der Waals surface area (Å²) in [5.74, 6) is 1.74. The molecule has 0 saturated heterocycles. The van der Waals surface area contributed by atoms with Gasteiger partial charge in [-0.1, -0.05) is 147 Å². The molecular formula is C45H72N2O. The first-order valence-electron chi connectivity index (χ1n) is 19.1. The van der Waals surface area contributed by atoms with E-state index in [1.807, 2.05) is 39.1 Å². The topological polar surface area (TPSA) is 33.6 Å². The number of rotatable bonds is 16. The quantitative estimate of drug-likeness (QED) is 0.144. The van der Waals surface area contributed by atoms with Crippen molar-refractivity contribution in [2.75, 3.05) is 18.5 Å². The molecule has 0 saturated carbocycles. The number of allylic oxidation sites excluding steroid dienone is 5. The van der Waals surface area contributed by atoms with Crippen molar-refractivity contribution in [1.29, 1.82) is 0 Å². The maximum atomic E-state index is 5.65. The van der Waals surface area contributed by atoms with E-state index in [-0.39, 0.29) is 0 Å². The number of fused-ring (bicyclic) bond motifs is 1. The average Bonchev–Trinajstić information content (AvgIpc) is 3.29. The Morgan fingerprint density at radius 3 is 2.08 bits per heavy atom. The number of benzodiazepines with no additional fused rings is 1. The maximum Gasteiger partial charge on any atom is 0.123 e. The fourth-order valence-electron chi connectivity index (χ4n) is 5.50. The summed E-state index contributed by atoms with van der Waals surface area (Å²) < 4.78 is 5.65. The van der Waals surface area contributed by atoms with Gasteiger partial charge in [-0.05, 0) is 94.4 Å². The Hall–Kier alpha value is -3.33. The van der Waals surface area contributed by atoms with Gasteiger partial charge in [-0.15, -0.1) is 0 Å². The Bertz CT molecular complexity index is 1220. The number of benzene rings is 2. The highest BCUT2D eigenvalue weighted by Gasteiger charge is 2.11. The smallest absolute Gasteiger partial charge is 0.123 e. The monoisotopic (exact) mass is 657 g/mol. The summed E-state index contributed by atoms with van der Waals surface area (Å²) in [5.41, 5.74) is 10.1. The van der Waals surface area contributed by atoms with Crippen LogP contribution in [-0.2, 0) is 6.42 Å². The second kappa shape index (κ2) is 28.7. The summed E-state index contributed by atoms with van der Waals surface area (Å²) in [6.45, 7) is 30.6. The van der Waals surface area contributed by atoms with Gasteiger partial charge in [-0.2, -0.15) is 0 Å². The van der Waals surface area contributed by atoms with Gasteiger partial charge in [0.05, 0.1) is 13.2 Å². The van der Waals surface area contributed by atoms with E-state index in [4.69, 9.17) is 4.74 Å². The van der Waals surface area contributed by atoms with Crippen molar-refractivity contribution in [1.82, 2.24) is 0 Å². The predicted octanol–water partition coefficient (Wildman–Crippen LogP) is 14.1. The fourth-order valence-corrected chi connectivity index (χ4v) is 5.50. The molecule has 2 aromatic carbocycles. The van der Waals surface area contributed by atoms with Gasteiger partial charge in [0.25, 0.3) is 0 Å². The second-order valence-corrected chi connectivity index (χ2v) is 12.1. The highest BCUT2D eigenvalue weighted by Crippen LogP contribution is 2.29. The Balaban J connectivity index is 0.000000676. The predicted molar refractivity (Wildman–Crippen MR) is 218 cm³/mol. The normalized spacial score (nSPS) is 11.7. The van der Waals surface area contributed by atoms with E-state index in [1.165, 1.54) is 80.1 Å². The number of hydrogen-bond donors (Lipinski definition) is 1. The number of unbranched alkanes of at least 4 members (excludes halogenated alkanes) is 1. The van der Waals surface area contributed by atoms with E-state index in [2.05, 4.69) is 114 Å². The standard InChI is InChI=1S/C15H26.C14H18N2O.C14H22.C2H6/c1-5-9-11-15(8-4)13-10-12-14(6-2)7-3;1-4-11-6-13-12(7-14(11)17-5-2)9-15-8-10(3)16-13;1-4-6-13(7-5-2)14-10-8-12(3)9-11-14;1-2/h8,12-13H,4-7,9-11H2,1-3H3;6-7,9,16H,3-5,8H2,1-2H3;8-11,13H,4-7H2,1-3H3;1-2H3/b15-13+;;;. The number of nitrogens with zero attached hydrogens (tertiary/aromatic N) is 1. The Morgan fingerprint density at radius 1 is 0.917 bits per heavy atom. The molecule has 0 amide bonds. The first kappa shape index (κ1) is 44.7. The molecule has 3 nitrogen and oxygen atoms in total. The van der Waals surface area contributed by atoms with Crippen LogP contribution in [0.5, 0.6) is 5.75 Å². The maximum absolute atomic E-state index is 5.65. The lowest BCUT2D eigenvalue weighted by molar-refractivity contribution is 0.337. The van der Waals surface area contributed by atoms with Gasteiger partial charge < -0.3 is 10.1 Å². The molecule has 3 heteroatoms. The lowest BCUT2D eigenvalue weighted by Crippen LogP contribution is -2.03. The molecule has 0 unspecified atom stereocenters. The van der Waals surface area contributed by atoms with Crippen molar-refractivity contribution < 1.29 is 4.74 Å². The van der Waals surface area contributed by atoms with Crippen LogP contribution < -0.4 is 10.1 Å². The van der Waals surface area contributed by atoms with Crippen molar-refractivity contribution in [2.45, 2.75) is 146 Å². The summed E-state index contributed by atoms with van der Waals surface area (Å²) in [7, 11) is 0. The van der Waals surface area contributed by atoms with Crippen LogP contribution in [0.2, 0.25) is 0 Å². The summed E-state index contributed by atoms with van der Waals surface area (Å²) >= 11 is 0. The zero-order chi connectivity index (χ0) is 36.2. The number of anilines is 1. The molecule has 0 spiro atoms. The van der Waals surface area contributed by atoms with E-state index in [0.29, 0.717) is 13.2 Å². The zero-order valence-electron chi connectivity index (χ0n) is 32.8. The number of aryl methyl sites for hydroxylation is 2. The van der Waals surface area contributed by atoms with Gasteiger partial charge in [0.15, 0.2) is 0 Å². The molecule has 2 aromatic rings. The lowest BCUT2D eigenvalue weighted by Gasteiger charge is -2.15. The second-order valence-electron chi connectivity index (χ2n) is 12.1. The third kappa shape index (κ3) is 18.3. The minimum absolute atomic E-state index is 0.625. The third-order valence-electron chi connectivity index (χ3n) is 8.34. The molecular weight excluding hydrogens is 585 g/mol. The average molecular weight is 657 g/mol. The molecule has 1 heterocycles. The van der Waals surface area contributed by atoms with Crippen molar-refractivity contribution in [2.24, 2.45) is 4.99 Å². The summed E-state index contributed by atoms with van der Waals surface area (Å²) in [6, 6.07) is 13.2. The van der Waals surface area contributed by atoms with Crippen LogP contribution in [0.4, 0.5) is 5.69 Å². The first-order valence-corrected chi connectivity index (χ1v) is 19.1. The molecule has 268 valence electrons. The van der Waals surface area contributed by atoms with Gasteiger partial charge in [-0.25, -0.2) is 0 Å². The molecule has 0 radical (unpaired) electrons. The van der Waals surface area contributed by atoms with Crippen molar-refractivity contribution in [3.63, 3.8) is 0 Å². The Kier molecular flexibility index (Phi) is 26.7. The molecule has 0 fully saturated rings. The van der Waals surface area contributed by atoms with Crippen LogP contribution in [-0.4, -0.2) is 19.4 Å². The molecule has 1 N–H and O–H groups in total. The molecule has 0 aliphatic carbocycles. The molecule has 0 bridgehead atoms. The van der Waals surface area contributed by atoms with Crippen LogP contribution in [0.25, 0.3) is 0 Å². The van der Waals surface area contributed by atoms with Gasteiger partial charge in [0.1, 0.15) is 5.75 Å². The van der Waals surface area contributed by atoms with Crippen LogP contribution >= 0.6 is 0 Å².